The predicted octanol–water partition coefficient (Wildman–Crippen LogP) is 2.43. The van der Waals surface area contributed by atoms with E-state index in [2.05, 4.69) is 0 Å². The summed E-state index contributed by atoms with van der Waals surface area (Å²) in [5.41, 5.74) is 6.14. The zero-order valence-electron chi connectivity index (χ0n) is 9.00. The average Bonchev–Trinajstić information content (AvgIpc) is 2.22. The van der Waals surface area contributed by atoms with Gasteiger partial charge in [0.15, 0.2) is 0 Å². The molecule has 15 heavy (non-hydrogen) atoms. The Kier molecular flexibility index (Phi) is 4.51. The van der Waals surface area contributed by atoms with Crippen molar-refractivity contribution in [1.29, 1.82) is 0 Å². The van der Waals surface area contributed by atoms with E-state index < -0.39 is 0 Å². The van der Waals surface area contributed by atoms with E-state index in [9.17, 15) is 4.39 Å². The first-order chi connectivity index (χ1) is 7.11. The lowest BCUT2D eigenvalue weighted by molar-refractivity contribution is 0.258. The molecule has 0 saturated heterocycles. The summed E-state index contributed by atoms with van der Waals surface area (Å²) in [6, 6.07) is 4.53. The van der Waals surface area contributed by atoms with Crippen LogP contribution in [0.25, 0.3) is 0 Å². The Morgan fingerprint density at radius 1 is 1.53 bits per heavy atom. The molecule has 1 unspecified atom stereocenters. The molecule has 1 atom stereocenters. The Balaban J connectivity index is 3.11. The van der Waals surface area contributed by atoms with Gasteiger partial charge in [0, 0.05) is 17.1 Å². The van der Waals surface area contributed by atoms with Crippen LogP contribution in [0.4, 0.5) is 4.39 Å². The number of nitrogens with two attached hydrogens (primary N) is 1. The summed E-state index contributed by atoms with van der Waals surface area (Å²) >= 11 is 5.98. The highest BCUT2D eigenvalue weighted by Crippen LogP contribution is 2.28. The van der Waals surface area contributed by atoms with Gasteiger partial charge in [0.1, 0.15) is 5.82 Å². The predicted molar refractivity (Wildman–Crippen MR) is 61.5 cm³/mol. The lowest BCUT2D eigenvalue weighted by Gasteiger charge is -2.27. The molecule has 0 fully saturated rings. The molecule has 1 aromatic rings. The molecular weight excluding hydrogens is 215 g/mol. The second-order valence-corrected chi connectivity index (χ2v) is 3.87. The fourth-order valence-electron chi connectivity index (χ4n) is 1.57. The summed E-state index contributed by atoms with van der Waals surface area (Å²) in [6.45, 7) is 3.15. The fraction of sp³-hybridized carbons (Fsp3) is 0.455. The van der Waals surface area contributed by atoms with Gasteiger partial charge in [-0.3, -0.25) is 4.90 Å². The number of halogens is 2. The average molecular weight is 231 g/mol. The van der Waals surface area contributed by atoms with Crippen LogP contribution in [0.2, 0.25) is 5.02 Å². The Hall–Kier alpha value is -0.640. The molecule has 2 nitrogen and oxygen atoms in total. The van der Waals surface area contributed by atoms with Crippen LogP contribution in [-0.2, 0) is 0 Å². The minimum absolute atomic E-state index is 0.163. The van der Waals surface area contributed by atoms with E-state index in [1.165, 1.54) is 6.07 Å². The number of hydrogen-bond acceptors (Lipinski definition) is 2. The second kappa shape index (κ2) is 5.45. The van der Waals surface area contributed by atoms with Crippen LogP contribution in [0.5, 0.6) is 0 Å². The smallest absolute Gasteiger partial charge is 0.129 e. The van der Waals surface area contributed by atoms with Crippen LogP contribution in [0.1, 0.15) is 18.5 Å². The lowest BCUT2D eigenvalue weighted by Crippen LogP contribution is -2.31. The SMILES string of the molecule is CCN(C)C(CN)c1c(F)cccc1Cl. The van der Waals surface area contributed by atoms with Gasteiger partial charge in [0.2, 0.25) is 0 Å². The molecule has 2 N–H and O–H groups in total. The molecule has 0 aliphatic heterocycles. The summed E-state index contributed by atoms with van der Waals surface area (Å²) in [4.78, 5) is 1.98. The third-order valence-corrected chi connectivity index (χ3v) is 2.92. The molecule has 84 valence electrons. The summed E-state index contributed by atoms with van der Waals surface area (Å²) in [7, 11) is 1.90. The standard InChI is InChI=1S/C11H16ClFN2/c1-3-15(2)10(7-14)11-8(12)5-4-6-9(11)13/h4-6,10H,3,7,14H2,1-2H3. The Bertz CT molecular complexity index is 310. The van der Waals surface area contributed by atoms with Gasteiger partial charge in [-0.15, -0.1) is 0 Å². The monoisotopic (exact) mass is 230 g/mol. The Morgan fingerprint density at radius 3 is 2.67 bits per heavy atom. The first kappa shape index (κ1) is 12.4. The van der Waals surface area contributed by atoms with Gasteiger partial charge in [0.25, 0.3) is 0 Å². The number of likely N-dealkylation sites (N-methyl/N-ethyl adjacent to an activating group) is 1. The zero-order chi connectivity index (χ0) is 11.4. The maximum absolute atomic E-state index is 13.6. The van der Waals surface area contributed by atoms with Crippen molar-refractivity contribution < 1.29 is 4.39 Å². The molecule has 0 saturated carbocycles. The number of rotatable bonds is 4. The molecule has 0 aromatic heterocycles. The summed E-state index contributed by atoms with van der Waals surface area (Å²) < 4.78 is 13.6. The largest absolute Gasteiger partial charge is 0.329 e. The van der Waals surface area contributed by atoms with E-state index in [1.54, 1.807) is 12.1 Å². The third-order valence-electron chi connectivity index (χ3n) is 2.59. The third kappa shape index (κ3) is 2.68. The van der Waals surface area contributed by atoms with Crippen molar-refractivity contribution in [2.45, 2.75) is 13.0 Å². The first-order valence-corrected chi connectivity index (χ1v) is 5.33. The Morgan fingerprint density at radius 2 is 2.20 bits per heavy atom. The van der Waals surface area contributed by atoms with E-state index in [-0.39, 0.29) is 11.9 Å². The van der Waals surface area contributed by atoms with E-state index in [4.69, 9.17) is 17.3 Å². The van der Waals surface area contributed by atoms with Gasteiger partial charge in [-0.1, -0.05) is 24.6 Å². The van der Waals surface area contributed by atoms with E-state index in [0.29, 0.717) is 17.1 Å². The van der Waals surface area contributed by atoms with Gasteiger partial charge >= 0.3 is 0 Å². The molecular formula is C11H16ClFN2. The van der Waals surface area contributed by atoms with Crippen molar-refractivity contribution in [3.63, 3.8) is 0 Å². The number of benzene rings is 1. The Labute approximate surface area is 94.8 Å². The van der Waals surface area contributed by atoms with Crippen molar-refractivity contribution >= 4 is 11.6 Å². The van der Waals surface area contributed by atoms with Crippen molar-refractivity contribution in [3.8, 4) is 0 Å². The molecule has 0 spiro atoms. The van der Waals surface area contributed by atoms with E-state index in [1.807, 2.05) is 18.9 Å². The van der Waals surface area contributed by atoms with E-state index >= 15 is 0 Å². The maximum Gasteiger partial charge on any atom is 0.129 e. The van der Waals surface area contributed by atoms with Crippen molar-refractivity contribution in [2.75, 3.05) is 20.1 Å². The first-order valence-electron chi connectivity index (χ1n) is 4.96. The van der Waals surface area contributed by atoms with Crippen LogP contribution >= 0.6 is 11.6 Å². The van der Waals surface area contributed by atoms with Crippen LogP contribution in [0.3, 0.4) is 0 Å². The molecule has 0 radical (unpaired) electrons. The minimum Gasteiger partial charge on any atom is -0.329 e. The van der Waals surface area contributed by atoms with Gasteiger partial charge in [-0.05, 0) is 25.7 Å². The van der Waals surface area contributed by atoms with Crippen LogP contribution < -0.4 is 5.73 Å². The highest BCUT2D eigenvalue weighted by atomic mass is 35.5. The number of hydrogen-bond donors (Lipinski definition) is 1. The molecule has 0 heterocycles. The van der Waals surface area contributed by atoms with E-state index in [0.717, 1.165) is 6.54 Å². The molecule has 0 aliphatic carbocycles. The molecule has 0 aliphatic rings. The summed E-state index contributed by atoms with van der Waals surface area (Å²) in [5, 5.41) is 0.436. The van der Waals surface area contributed by atoms with Gasteiger partial charge in [0.05, 0.1) is 6.04 Å². The molecule has 1 rings (SSSR count). The van der Waals surface area contributed by atoms with Crippen LogP contribution in [0.15, 0.2) is 18.2 Å². The van der Waals surface area contributed by atoms with Crippen molar-refractivity contribution in [3.05, 3.63) is 34.6 Å². The topological polar surface area (TPSA) is 29.3 Å². The van der Waals surface area contributed by atoms with Gasteiger partial charge in [-0.2, -0.15) is 0 Å². The van der Waals surface area contributed by atoms with Crippen LogP contribution in [-0.4, -0.2) is 25.0 Å². The maximum atomic E-state index is 13.6. The van der Waals surface area contributed by atoms with Crippen molar-refractivity contribution in [1.82, 2.24) is 4.90 Å². The quantitative estimate of drug-likeness (QED) is 0.861. The number of nitrogens with zero attached hydrogens (tertiary/aromatic N) is 1. The molecule has 0 amide bonds. The summed E-state index contributed by atoms with van der Waals surface area (Å²) in [6.07, 6.45) is 0. The normalized spacial score (nSPS) is 13.2. The molecule has 1 aromatic carbocycles. The summed E-state index contributed by atoms with van der Waals surface area (Å²) in [5.74, 6) is -0.293. The van der Waals surface area contributed by atoms with Crippen molar-refractivity contribution in [2.24, 2.45) is 5.73 Å². The highest BCUT2D eigenvalue weighted by Gasteiger charge is 2.20. The fourth-order valence-corrected chi connectivity index (χ4v) is 1.86. The highest BCUT2D eigenvalue weighted by molar-refractivity contribution is 6.31. The zero-order valence-corrected chi connectivity index (χ0v) is 9.76. The lowest BCUT2D eigenvalue weighted by atomic mass is 10.1. The van der Waals surface area contributed by atoms with Gasteiger partial charge in [-0.25, -0.2) is 4.39 Å². The molecule has 0 bridgehead atoms. The molecule has 4 heteroatoms. The minimum atomic E-state index is -0.293. The second-order valence-electron chi connectivity index (χ2n) is 3.46. The van der Waals surface area contributed by atoms with Crippen LogP contribution in [0, 0.1) is 5.82 Å². The van der Waals surface area contributed by atoms with Gasteiger partial charge < -0.3 is 5.73 Å².